The highest BCUT2D eigenvalue weighted by Crippen LogP contribution is 2.30. The lowest BCUT2D eigenvalue weighted by Gasteiger charge is -2.23. The molecule has 1 aromatic heterocycles. The summed E-state index contributed by atoms with van der Waals surface area (Å²) >= 11 is 13.5. The highest BCUT2D eigenvalue weighted by molar-refractivity contribution is 7.18. The van der Waals surface area contributed by atoms with E-state index in [1.165, 1.54) is 11.3 Å². The van der Waals surface area contributed by atoms with Crippen LogP contribution in [0.4, 0.5) is 15.6 Å². The molecule has 2 unspecified atom stereocenters. The van der Waals surface area contributed by atoms with Crippen LogP contribution in [-0.4, -0.2) is 35.3 Å². The van der Waals surface area contributed by atoms with Crippen molar-refractivity contribution in [3.63, 3.8) is 0 Å². The highest BCUT2D eigenvalue weighted by atomic mass is 35.5. The third kappa shape index (κ3) is 6.34. The maximum Gasteiger partial charge on any atom is 0.319 e. The van der Waals surface area contributed by atoms with Gasteiger partial charge in [-0.3, -0.25) is 10.1 Å². The number of ether oxygens (including phenoxy) is 1. The van der Waals surface area contributed by atoms with Gasteiger partial charge in [0.05, 0.1) is 22.8 Å². The van der Waals surface area contributed by atoms with Crippen LogP contribution < -0.4 is 20.7 Å². The molecule has 3 N–H and O–H groups in total. The van der Waals surface area contributed by atoms with Crippen LogP contribution in [-0.2, 0) is 4.79 Å². The number of methoxy groups -OCH3 is 1. The zero-order chi connectivity index (χ0) is 24.0. The Morgan fingerprint density at radius 2 is 1.79 bits per heavy atom. The molecule has 2 aromatic carbocycles. The van der Waals surface area contributed by atoms with Crippen molar-refractivity contribution < 1.29 is 14.3 Å². The van der Waals surface area contributed by atoms with E-state index in [1.54, 1.807) is 25.3 Å². The van der Waals surface area contributed by atoms with Crippen molar-refractivity contribution in [2.75, 3.05) is 17.7 Å². The van der Waals surface area contributed by atoms with Crippen LogP contribution in [0.25, 0.3) is 10.6 Å². The number of carbonyl (C=O) groups is 2. The number of para-hydroxylation sites is 1. The molecule has 3 aromatic rings. The second-order valence-corrected chi connectivity index (χ2v) is 8.98. The van der Waals surface area contributed by atoms with Crippen molar-refractivity contribution in [2.24, 2.45) is 5.92 Å². The standard InChI is InChI=1S/C22H23Cl2N5O3S/c1-4-12(2)17(25-21(31)26-18-15(23)9-6-10-16(18)24)19(30)27-22-29-28-20(33-22)13-7-5-8-14(11-13)32-3/h5-12,17H,4H2,1-3H3,(H2,25,26,31)(H,27,29,30). The van der Waals surface area contributed by atoms with Gasteiger partial charge in [0.25, 0.3) is 0 Å². The maximum atomic E-state index is 13.0. The summed E-state index contributed by atoms with van der Waals surface area (Å²) in [5.74, 6) is 0.139. The molecule has 8 nitrogen and oxygen atoms in total. The second-order valence-electron chi connectivity index (χ2n) is 7.19. The third-order valence-electron chi connectivity index (χ3n) is 4.96. The molecule has 0 fully saturated rings. The Morgan fingerprint density at radius 3 is 2.45 bits per heavy atom. The zero-order valence-corrected chi connectivity index (χ0v) is 20.5. The fraction of sp³-hybridized carbons (Fsp3) is 0.273. The second kappa shape index (κ2) is 11.3. The van der Waals surface area contributed by atoms with E-state index in [1.807, 2.05) is 38.1 Å². The molecule has 2 atom stereocenters. The predicted molar refractivity (Wildman–Crippen MR) is 132 cm³/mol. The number of carbonyl (C=O) groups excluding carboxylic acids is 2. The van der Waals surface area contributed by atoms with Gasteiger partial charge in [0, 0.05) is 5.56 Å². The lowest BCUT2D eigenvalue weighted by Crippen LogP contribution is -2.49. The molecule has 33 heavy (non-hydrogen) atoms. The summed E-state index contributed by atoms with van der Waals surface area (Å²) in [6.45, 7) is 3.80. The number of hydrogen-bond donors (Lipinski definition) is 3. The minimum Gasteiger partial charge on any atom is -0.497 e. The van der Waals surface area contributed by atoms with Crippen LogP contribution in [0.5, 0.6) is 5.75 Å². The van der Waals surface area contributed by atoms with Crippen LogP contribution in [0.2, 0.25) is 10.0 Å². The number of nitrogens with one attached hydrogen (secondary N) is 3. The van der Waals surface area contributed by atoms with Gasteiger partial charge in [0.15, 0.2) is 0 Å². The molecule has 0 bridgehead atoms. The van der Waals surface area contributed by atoms with Gasteiger partial charge in [-0.15, -0.1) is 10.2 Å². The molecule has 3 rings (SSSR count). The summed E-state index contributed by atoms with van der Waals surface area (Å²) in [5, 5.41) is 17.8. The topological polar surface area (TPSA) is 105 Å². The molecule has 11 heteroatoms. The van der Waals surface area contributed by atoms with E-state index in [9.17, 15) is 9.59 Å². The Kier molecular flexibility index (Phi) is 8.49. The molecule has 0 spiro atoms. The number of rotatable bonds is 8. The molecular weight excluding hydrogens is 485 g/mol. The van der Waals surface area contributed by atoms with Crippen molar-refractivity contribution in [3.05, 3.63) is 52.5 Å². The number of benzene rings is 2. The minimum atomic E-state index is -0.819. The van der Waals surface area contributed by atoms with Crippen molar-refractivity contribution in [3.8, 4) is 16.3 Å². The highest BCUT2D eigenvalue weighted by Gasteiger charge is 2.27. The summed E-state index contributed by atoms with van der Waals surface area (Å²) in [6, 6.07) is 10.9. The molecule has 0 radical (unpaired) electrons. The number of urea groups is 1. The molecule has 0 saturated carbocycles. The van der Waals surface area contributed by atoms with Gasteiger partial charge in [-0.05, 0) is 30.2 Å². The summed E-state index contributed by atoms with van der Waals surface area (Å²) in [5.41, 5.74) is 1.09. The van der Waals surface area contributed by atoms with E-state index < -0.39 is 18.0 Å². The smallest absolute Gasteiger partial charge is 0.319 e. The fourth-order valence-electron chi connectivity index (χ4n) is 2.94. The SMILES string of the molecule is CCC(C)C(NC(=O)Nc1c(Cl)cccc1Cl)C(=O)Nc1nnc(-c2cccc(OC)c2)s1. The average Bonchev–Trinajstić information content (AvgIpc) is 3.28. The number of aromatic nitrogens is 2. The predicted octanol–water partition coefficient (Wildman–Crippen LogP) is 5.70. The number of amides is 3. The monoisotopic (exact) mass is 507 g/mol. The Morgan fingerprint density at radius 1 is 1.09 bits per heavy atom. The first-order valence-corrected chi connectivity index (χ1v) is 11.7. The molecule has 1 heterocycles. The Hall–Kier alpha value is -2.88. The summed E-state index contributed by atoms with van der Waals surface area (Å²) in [4.78, 5) is 25.6. The Labute approximate surface area is 205 Å². The quantitative estimate of drug-likeness (QED) is 0.362. The Balaban J connectivity index is 1.71. The van der Waals surface area contributed by atoms with E-state index in [-0.39, 0.29) is 11.6 Å². The van der Waals surface area contributed by atoms with Crippen molar-refractivity contribution in [1.82, 2.24) is 15.5 Å². The molecule has 0 saturated heterocycles. The van der Waals surface area contributed by atoms with Gasteiger partial charge >= 0.3 is 6.03 Å². The largest absolute Gasteiger partial charge is 0.497 e. The number of nitrogens with zero attached hydrogens (tertiary/aromatic N) is 2. The lowest BCUT2D eigenvalue weighted by molar-refractivity contribution is -0.119. The molecule has 0 aliphatic carbocycles. The third-order valence-corrected chi connectivity index (χ3v) is 6.47. The molecule has 0 aliphatic heterocycles. The first-order chi connectivity index (χ1) is 15.8. The van der Waals surface area contributed by atoms with Gasteiger partial charge in [-0.2, -0.15) is 0 Å². The van der Waals surface area contributed by atoms with Gasteiger partial charge in [0.1, 0.15) is 16.8 Å². The van der Waals surface area contributed by atoms with Crippen molar-refractivity contribution in [2.45, 2.75) is 26.3 Å². The molecule has 0 aliphatic rings. The minimum absolute atomic E-state index is 0.150. The fourth-order valence-corrected chi connectivity index (χ4v) is 4.17. The van der Waals surface area contributed by atoms with Gasteiger partial charge in [-0.1, -0.05) is 73.0 Å². The summed E-state index contributed by atoms with van der Waals surface area (Å²) < 4.78 is 5.24. The molecular formula is C22H23Cl2N5O3S. The molecule has 174 valence electrons. The van der Waals surface area contributed by atoms with Gasteiger partial charge in [-0.25, -0.2) is 4.79 Å². The van der Waals surface area contributed by atoms with Gasteiger partial charge < -0.3 is 15.4 Å². The normalized spacial score (nSPS) is 12.5. The van der Waals surface area contributed by atoms with E-state index in [2.05, 4.69) is 26.1 Å². The van der Waals surface area contributed by atoms with Crippen molar-refractivity contribution in [1.29, 1.82) is 0 Å². The average molecular weight is 508 g/mol. The van der Waals surface area contributed by atoms with Gasteiger partial charge in [0.2, 0.25) is 11.0 Å². The van der Waals surface area contributed by atoms with Crippen LogP contribution in [0.3, 0.4) is 0 Å². The first-order valence-electron chi connectivity index (χ1n) is 10.1. The summed E-state index contributed by atoms with van der Waals surface area (Å²) in [7, 11) is 1.59. The van der Waals surface area contributed by atoms with E-state index >= 15 is 0 Å². The van der Waals surface area contributed by atoms with Crippen LogP contribution in [0, 0.1) is 5.92 Å². The molecule has 3 amide bonds. The number of hydrogen-bond acceptors (Lipinski definition) is 6. The first kappa shape index (κ1) is 24.8. The Bertz CT molecular complexity index is 1120. The van der Waals surface area contributed by atoms with E-state index in [4.69, 9.17) is 27.9 Å². The van der Waals surface area contributed by atoms with E-state index in [0.717, 1.165) is 5.56 Å². The zero-order valence-electron chi connectivity index (χ0n) is 18.2. The maximum absolute atomic E-state index is 13.0. The number of anilines is 2. The van der Waals surface area contributed by atoms with Crippen LogP contribution in [0.1, 0.15) is 20.3 Å². The number of halogens is 2. The lowest BCUT2D eigenvalue weighted by atomic mass is 9.98. The van der Waals surface area contributed by atoms with Crippen LogP contribution in [0.15, 0.2) is 42.5 Å². The summed E-state index contributed by atoms with van der Waals surface area (Å²) in [6.07, 6.45) is 0.663. The van der Waals surface area contributed by atoms with Crippen LogP contribution >= 0.6 is 34.5 Å². The van der Waals surface area contributed by atoms with E-state index in [0.29, 0.717) is 32.4 Å². The van der Waals surface area contributed by atoms with Crippen molar-refractivity contribution >= 4 is 57.3 Å².